The van der Waals surface area contributed by atoms with Crippen LogP contribution < -0.4 is 10.5 Å². The van der Waals surface area contributed by atoms with Crippen LogP contribution in [-0.4, -0.2) is 47.9 Å². The Bertz CT molecular complexity index is 1130. The molecule has 0 saturated heterocycles. The van der Waals surface area contributed by atoms with E-state index in [9.17, 15) is 34.8 Å². The van der Waals surface area contributed by atoms with Crippen molar-refractivity contribution in [3.05, 3.63) is 54.1 Å². The van der Waals surface area contributed by atoms with E-state index < -0.39 is 54.0 Å². The first-order valence-electron chi connectivity index (χ1n) is 8.28. The van der Waals surface area contributed by atoms with Crippen LogP contribution in [0.25, 0.3) is 0 Å². The molecular formula is C17H18F3N3O5S2. The van der Waals surface area contributed by atoms with Crippen molar-refractivity contribution in [3.8, 4) is 0 Å². The number of carbonyl (C=O) groups is 1. The van der Waals surface area contributed by atoms with Crippen molar-refractivity contribution in [2.24, 2.45) is 5.73 Å². The summed E-state index contributed by atoms with van der Waals surface area (Å²) >= 11 is 0. The van der Waals surface area contributed by atoms with Crippen LogP contribution in [0.3, 0.4) is 0 Å². The predicted molar refractivity (Wildman–Crippen MR) is 101 cm³/mol. The average molecular weight is 465 g/mol. The molecule has 0 heterocycles. The van der Waals surface area contributed by atoms with Gasteiger partial charge in [0.2, 0.25) is 19.9 Å². The molecule has 13 heteroatoms. The zero-order valence-corrected chi connectivity index (χ0v) is 17.2. The van der Waals surface area contributed by atoms with Crippen LogP contribution in [0.4, 0.5) is 18.0 Å². The van der Waals surface area contributed by atoms with Crippen LogP contribution in [0.1, 0.15) is 5.56 Å². The molecule has 30 heavy (non-hydrogen) atoms. The number of carbonyl (C=O) groups excluding carboxylic acids is 1. The lowest BCUT2D eigenvalue weighted by atomic mass is 10.2. The molecule has 0 spiro atoms. The lowest BCUT2D eigenvalue weighted by molar-refractivity contribution is -0.139. The maximum atomic E-state index is 13.4. The SMILES string of the molecule is CN(CCNS(=O)(=O)c1cc(S(=O)(=O)c2ccccc2)ccc1C(F)(F)F)C(N)=O. The summed E-state index contributed by atoms with van der Waals surface area (Å²) in [4.78, 5) is 9.84. The lowest BCUT2D eigenvalue weighted by Gasteiger charge is -2.17. The minimum Gasteiger partial charge on any atom is -0.351 e. The quantitative estimate of drug-likeness (QED) is 0.645. The Hall–Kier alpha value is -2.64. The summed E-state index contributed by atoms with van der Waals surface area (Å²) < 4.78 is 92.5. The first-order chi connectivity index (χ1) is 13.8. The van der Waals surface area contributed by atoms with Gasteiger partial charge in [0, 0.05) is 20.1 Å². The first-order valence-corrected chi connectivity index (χ1v) is 11.2. The highest BCUT2D eigenvalue weighted by Crippen LogP contribution is 2.36. The fourth-order valence-electron chi connectivity index (χ4n) is 2.40. The number of hydrogen-bond donors (Lipinski definition) is 2. The summed E-state index contributed by atoms with van der Waals surface area (Å²) in [5.41, 5.74) is 3.47. The van der Waals surface area contributed by atoms with Gasteiger partial charge in [-0.05, 0) is 30.3 Å². The number of primary amides is 1. The van der Waals surface area contributed by atoms with Crippen molar-refractivity contribution in [1.29, 1.82) is 0 Å². The van der Waals surface area contributed by atoms with E-state index in [2.05, 4.69) is 0 Å². The number of benzene rings is 2. The molecular weight excluding hydrogens is 447 g/mol. The van der Waals surface area contributed by atoms with Gasteiger partial charge < -0.3 is 10.6 Å². The fraction of sp³-hybridized carbons (Fsp3) is 0.235. The van der Waals surface area contributed by atoms with Gasteiger partial charge in [-0.25, -0.2) is 26.4 Å². The van der Waals surface area contributed by atoms with Crippen molar-refractivity contribution < 1.29 is 34.8 Å². The molecule has 0 aliphatic heterocycles. The maximum Gasteiger partial charge on any atom is 0.417 e. The third kappa shape index (κ3) is 5.29. The minimum atomic E-state index is -5.05. The Morgan fingerprint density at radius 3 is 2.17 bits per heavy atom. The third-order valence-corrected chi connectivity index (χ3v) is 7.30. The van der Waals surface area contributed by atoms with Gasteiger partial charge in [0.15, 0.2) is 0 Å². The molecule has 0 atom stereocenters. The number of hydrogen-bond acceptors (Lipinski definition) is 5. The standard InChI is InChI=1S/C17H18F3N3O5S2/c1-23(16(21)24)10-9-22-30(27,28)15-11-13(7-8-14(15)17(18,19)20)29(25,26)12-5-3-2-4-6-12/h2-8,11,22H,9-10H2,1H3,(H2,21,24). The van der Waals surface area contributed by atoms with Crippen molar-refractivity contribution >= 4 is 25.9 Å². The number of amides is 2. The zero-order chi connectivity index (χ0) is 22.7. The summed E-state index contributed by atoms with van der Waals surface area (Å²) in [6.07, 6.45) is -5.05. The van der Waals surface area contributed by atoms with Gasteiger partial charge in [0.05, 0.1) is 20.2 Å². The molecule has 0 radical (unpaired) electrons. The van der Waals surface area contributed by atoms with Gasteiger partial charge in [-0.2, -0.15) is 13.2 Å². The number of halogens is 3. The number of nitrogens with zero attached hydrogens (tertiary/aromatic N) is 1. The number of urea groups is 1. The maximum absolute atomic E-state index is 13.4. The van der Waals surface area contributed by atoms with Crippen LogP contribution in [0, 0.1) is 0 Å². The molecule has 164 valence electrons. The van der Waals surface area contributed by atoms with E-state index in [1.165, 1.54) is 31.3 Å². The number of sulfonamides is 1. The predicted octanol–water partition coefficient (Wildman–Crippen LogP) is 1.83. The lowest BCUT2D eigenvalue weighted by Crippen LogP contribution is -2.39. The zero-order valence-electron chi connectivity index (χ0n) is 15.5. The van der Waals surface area contributed by atoms with Crippen molar-refractivity contribution in [2.75, 3.05) is 20.1 Å². The Kier molecular flexibility index (Phi) is 6.79. The molecule has 0 aliphatic rings. The normalized spacial score (nSPS) is 12.5. The van der Waals surface area contributed by atoms with Gasteiger partial charge in [0.25, 0.3) is 0 Å². The largest absolute Gasteiger partial charge is 0.417 e. The molecule has 2 amide bonds. The van der Waals surface area contributed by atoms with E-state index in [-0.39, 0.29) is 11.4 Å². The number of sulfone groups is 1. The molecule has 0 aromatic heterocycles. The molecule has 8 nitrogen and oxygen atoms in total. The van der Waals surface area contributed by atoms with Crippen LogP contribution in [0.2, 0.25) is 0 Å². The molecule has 0 bridgehead atoms. The van der Waals surface area contributed by atoms with Crippen molar-refractivity contribution in [2.45, 2.75) is 20.9 Å². The average Bonchev–Trinajstić information content (AvgIpc) is 2.67. The second-order valence-corrected chi connectivity index (χ2v) is 9.81. The molecule has 0 fully saturated rings. The molecule has 2 rings (SSSR count). The number of rotatable bonds is 7. The Morgan fingerprint density at radius 1 is 1.03 bits per heavy atom. The minimum absolute atomic E-state index is 0.204. The van der Waals surface area contributed by atoms with Crippen LogP contribution in [0.15, 0.2) is 63.2 Å². The Labute approximate surface area is 171 Å². The molecule has 2 aromatic carbocycles. The van der Waals surface area contributed by atoms with Gasteiger partial charge in [0.1, 0.15) is 0 Å². The van der Waals surface area contributed by atoms with Crippen LogP contribution in [-0.2, 0) is 26.0 Å². The van der Waals surface area contributed by atoms with E-state index in [1.807, 2.05) is 4.72 Å². The van der Waals surface area contributed by atoms with E-state index in [4.69, 9.17) is 5.73 Å². The van der Waals surface area contributed by atoms with E-state index in [0.29, 0.717) is 18.2 Å². The highest BCUT2D eigenvalue weighted by atomic mass is 32.2. The fourth-order valence-corrected chi connectivity index (χ4v) is 5.05. The number of likely N-dealkylation sites (N-methyl/N-ethyl adjacent to an activating group) is 1. The Morgan fingerprint density at radius 2 is 1.63 bits per heavy atom. The monoisotopic (exact) mass is 465 g/mol. The highest BCUT2D eigenvalue weighted by molar-refractivity contribution is 7.91. The van der Waals surface area contributed by atoms with Crippen molar-refractivity contribution in [1.82, 2.24) is 9.62 Å². The number of alkyl halides is 3. The Balaban J connectivity index is 2.51. The highest BCUT2D eigenvalue weighted by Gasteiger charge is 2.38. The second kappa shape index (κ2) is 8.62. The van der Waals surface area contributed by atoms with Crippen LogP contribution >= 0.6 is 0 Å². The third-order valence-electron chi connectivity index (χ3n) is 4.03. The van der Waals surface area contributed by atoms with E-state index >= 15 is 0 Å². The van der Waals surface area contributed by atoms with Gasteiger partial charge in [-0.3, -0.25) is 0 Å². The van der Waals surface area contributed by atoms with Gasteiger partial charge in [-0.15, -0.1) is 0 Å². The number of nitrogens with one attached hydrogen (secondary N) is 1. The number of nitrogens with two attached hydrogens (primary N) is 1. The van der Waals surface area contributed by atoms with Gasteiger partial charge >= 0.3 is 12.2 Å². The molecule has 0 aliphatic carbocycles. The second-order valence-electron chi connectivity index (χ2n) is 6.13. The summed E-state index contributed by atoms with van der Waals surface area (Å²) in [6.45, 7) is -0.646. The molecule has 2 aromatic rings. The van der Waals surface area contributed by atoms with E-state index in [0.717, 1.165) is 4.90 Å². The summed E-state index contributed by atoms with van der Waals surface area (Å²) in [7, 11) is -7.76. The summed E-state index contributed by atoms with van der Waals surface area (Å²) in [5, 5.41) is 0. The van der Waals surface area contributed by atoms with Gasteiger partial charge in [-0.1, -0.05) is 18.2 Å². The smallest absolute Gasteiger partial charge is 0.351 e. The summed E-state index contributed by atoms with van der Waals surface area (Å²) in [6, 6.07) is 7.57. The van der Waals surface area contributed by atoms with E-state index in [1.54, 1.807) is 6.07 Å². The van der Waals surface area contributed by atoms with Crippen molar-refractivity contribution in [3.63, 3.8) is 0 Å². The molecule has 0 saturated carbocycles. The molecule has 3 N–H and O–H groups in total. The topological polar surface area (TPSA) is 127 Å². The molecule has 0 unspecified atom stereocenters. The van der Waals surface area contributed by atoms with Crippen LogP contribution in [0.5, 0.6) is 0 Å². The summed E-state index contributed by atoms with van der Waals surface area (Å²) in [5.74, 6) is 0. The first kappa shape index (κ1) is 23.6.